The third-order valence-corrected chi connectivity index (χ3v) is 4.62. The molecule has 2 aromatic heterocycles. The summed E-state index contributed by atoms with van der Waals surface area (Å²) >= 11 is 6.26. The Morgan fingerprint density at radius 3 is 2.65 bits per heavy atom. The van der Waals surface area contributed by atoms with E-state index in [4.69, 9.17) is 16.6 Å². The van der Waals surface area contributed by atoms with Crippen LogP contribution in [0.5, 0.6) is 0 Å². The molecule has 0 fully saturated rings. The number of nitrogens with zero attached hydrogens (tertiary/aromatic N) is 3. The smallest absolute Gasteiger partial charge is 0.262 e. The highest BCUT2D eigenvalue weighted by atomic mass is 35.5. The van der Waals surface area contributed by atoms with Gasteiger partial charge < -0.3 is 0 Å². The van der Waals surface area contributed by atoms with E-state index < -0.39 is 0 Å². The fourth-order valence-electron chi connectivity index (χ4n) is 3.18. The van der Waals surface area contributed by atoms with Crippen LogP contribution in [0.25, 0.3) is 33.3 Å². The van der Waals surface area contributed by atoms with E-state index in [-0.39, 0.29) is 5.56 Å². The van der Waals surface area contributed by atoms with Gasteiger partial charge in [-0.25, -0.2) is 9.97 Å². The molecule has 4 nitrogen and oxygen atoms in total. The molecule has 0 N–H and O–H groups in total. The first kappa shape index (κ1) is 12.8. The van der Waals surface area contributed by atoms with Gasteiger partial charge in [-0.1, -0.05) is 29.8 Å². The predicted octanol–water partition coefficient (Wildman–Crippen LogP) is 3.63. The Bertz CT molecular complexity index is 1180. The zero-order valence-corrected chi connectivity index (χ0v) is 12.7. The van der Waals surface area contributed by atoms with Gasteiger partial charge in [-0.3, -0.25) is 9.36 Å². The largest absolute Gasteiger partial charge is 0.286 e. The topological polar surface area (TPSA) is 47.8 Å². The molecule has 1 aliphatic rings. The number of para-hydroxylation sites is 1. The van der Waals surface area contributed by atoms with Gasteiger partial charge in [0, 0.05) is 16.0 Å². The lowest BCUT2D eigenvalue weighted by molar-refractivity contribution is 0.797. The van der Waals surface area contributed by atoms with Crippen molar-refractivity contribution in [2.45, 2.75) is 6.54 Å². The van der Waals surface area contributed by atoms with Crippen molar-refractivity contribution in [1.82, 2.24) is 14.5 Å². The van der Waals surface area contributed by atoms with Crippen molar-refractivity contribution in [3.63, 3.8) is 0 Å². The number of fused-ring (bicyclic) bond motifs is 5. The van der Waals surface area contributed by atoms with Crippen LogP contribution in [0, 0.1) is 0 Å². The van der Waals surface area contributed by atoms with E-state index in [0.29, 0.717) is 28.3 Å². The van der Waals surface area contributed by atoms with Gasteiger partial charge in [0.2, 0.25) is 0 Å². The zero-order chi connectivity index (χ0) is 15.6. The van der Waals surface area contributed by atoms with Crippen LogP contribution in [0.15, 0.2) is 53.3 Å². The zero-order valence-electron chi connectivity index (χ0n) is 12.0. The minimum Gasteiger partial charge on any atom is -0.286 e. The van der Waals surface area contributed by atoms with Crippen molar-refractivity contribution in [2.24, 2.45) is 0 Å². The van der Waals surface area contributed by atoms with Gasteiger partial charge in [0.05, 0.1) is 23.0 Å². The van der Waals surface area contributed by atoms with Crippen molar-refractivity contribution in [2.75, 3.05) is 0 Å². The number of pyridine rings is 1. The molecule has 0 bridgehead atoms. The minimum atomic E-state index is -0.0289. The fourth-order valence-corrected chi connectivity index (χ4v) is 3.40. The molecule has 5 heteroatoms. The van der Waals surface area contributed by atoms with Gasteiger partial charge in [0.15, 0.2) is 5.82 Å². The SMILES string of the molecule is O=c1c2ccccc2nc2n1Cc1cc3c(Cl)cccc3nc1-2. The van der Waals surface area contributed by atoms with Gasteiger partial charge >= 0.3 is 0 Å². The standard InChI is InChI=1S/C18H10ClN3O/c19-13-5-3-7-15-12(13)8-10-9-22-17(16(10)20-15)21-14-6-2-1-4-11(14)18(22)23/h1-8H,9H2. The molecule has 0 saturated carbocycles. The average Bonchev–Trinajstić information content (AvgIpc) is 2.92. The maximum atomic E-state index is 12.7. The van der Waals surface area contributed by atoms with Crippen molar-refractivity contribution in [1.29, 1.82) is 0 Å². The van der Waals surface area contributed by atoms with Gasteiger partial charge in [-0.2, -0.15) is 0 Å². The minimum absolute atomic E-state index is 0.0289. The number of hydrogen-bond acceptors (Lipinski definition) is 3. The normalized spacial score (nSPS) is 12.6. The Kier molecular flexibility index (Phi) is 2.44. The van der Waals surface area contributed by atoms with Crippen LogP contribution in [0.3, 0.4) is 0 Å². The van der Waals surface area contributed by atoms with Crippen molar-refractivity contribution >= 4 is 33.4 Å². The van der Waals surface area contributed by atoms with E-state index in [1.807, 2.05) is 48.5 Å². The lowest BCUT2D eigenvalue weighted by Crippen LogP contribution is -2.20. The van der Waals surface area contributed by atoms with E-state index in [9.17, 15) is 4.79 Å². The molecule has 0 radical (unpaired) electrons. The summed E-state index contributed by atoms with van der Waals surface area (Å²) in [5.41, 5.74) is 3.23. The summed E-state index contributed by atoms with van der Waals surface area (Å²) in [7, 11) is 0. The van der Waals surface area contributed by atoms with Crippen molar-refractivity contribution < 1.29 is 0 Å². The maximum absolute atomic E-state index is 12.7. The molecule has 0 amide bonds. The first-order chi connectivity index (χ1) is 11.2. The highest BCUT2D eigenvalue weighted by Crippen LogP contribution is 2.33. The summed E-state index contributed by atoms with van der Waals surface area (Å²) in [5, 5.41) is 2.20. The lowest BCUT2D eigenvalue weighted by Gasteiger charge is -2.04. The molecule has 2 aromatic carbocycles. The van der Waals surface area contributed by atoms with Crippen LogP contribution in [0.1, 0.15) is 5.56 Å². The van der Waals surface area contributed by atoms with Crippen LogP contribution in [0.4, 0.5) is 0 Å². The Morgan fingerprint density at radius 2 is 1.74 bits per heavy atom. The molecule has 1 aliphatic heterocycles. The summed E-state index contributed by atoms with van der Waals surface area (Å²) in [4.78, 5) is 22.1. The third kappa shape index (κ3) is 1.69. The molecular formula is C18H10ClN3O. The summed E-state index contributed by atoms with van der Waals surface area (Å²) < 4.78 is 1.69. The highest BCUT2D eigenvalue weighted by molar-refractivity contribution is 6.35. The van der Waals surface area contributed by atoms with Crippen LogP contribution < -0.4 is 5.56 Å². The summed E-state index contributed by atoms with van der Waals surface area (Å²) in [5.74, 6) is 0.630. The van der Waals surface area contributed by atoms with E-state index in [2.05, 4.69) is 4.98 Å². The average molecular weight is 320 g/mol. The number of hydrogen-bond donors (Lipinski definition) is 0. The second-order valence-electron chi connectivity index (χ2n) is 5.65. The van der Waals surface area contributed by atoms with Crippen molar-refractivity contribution in [3.05, 3.63) is 69.5 Å². The highest BCUT2D eigenvalue weighted by Gasteiger charge is 2.24. The second-order valence-corrected chi connectivity index (χ2v) is 6.05. The molecule has 0 atom stereocenters. The molecule has 5 rings (SSSR count). The first-order valence-electron chi connectivity index (χ1n) is 7.30. The van der Waals surface area contributed by atoms with Gasteiger partial charge in [-0.05, 0) is 30.3 Å². The van der Waals surface area contributed by atoms with Crippen molar-refractivity contribution in [3.8, 4) is 11.5 Å². The molecule has 23 heavy (non-hydrogen) atoms. The summed E-state index contributed by atoms with van der Waals surface area (Å²) in [6.07, 6.45) is 0. The number of aromatic nitrogens is 3. The van der Waals surface area contributed by atoms with Crippen LogP contribution in [-0.2, 0) is 6.54 Å². The molecule has 110 valence electrons. The number of rotatable bonds is 0. The van der Waals surface area contributed by atoms with Crippen LogP contribution >= 0.6 is 11.6 Å². The molecule has 3 heterocycles. The quantitative estimate of drug-likeness (QED) is 0.438. The predicted molar refractivity (Wildman–Crippen MR) is 90.9 cm³/mol. The van der Waals surface area contributed by atoms with Crippen LogP contribution in [-0.4, -0.2) is 14.5 Å². The van der Waals surface area contributed by atoms with Gasteiger partial charge in [0.1, 0.15) is 5.69 Å². The molecule has 4 aromatic rings. The second kappa shape index (κ2) is 4.40. The summed E-state index contributed by atoms with van der Waals surface area (Å²) in [6, 6.07) is 15.1. The Morgan fingerprint density at radius 1 is 0.957 bits per heavy atom. The molecule has 0 spiro atoms. The molecule has 0 unspecified atom stereocenters. The first-order valence-corrected chi connectivity index (χ1v) is 7.68. The van der Waals surface area contributed by atoms with Crippen LogP contribution in [0.2, 0.25) is 5.02 Å². The van der Waals surface area contributed by atoms with E-state index >= 15 is 0 Å². The van der Waals surface area contributed by atoms with Gasteiger partial charge in [-0.15, -0.1) is 0 Å². The third-order valence-electron chi connectivity index (χ3n) is 4.29. The number of benzene rings is 2. The molecule has 0 aliphatic carbocycles. The Hall–Kier alpha value is -2.72. The summed E-state index contributed by atoms with van der Waals surface area (Å²) in [6.45, 7) is 0.482. The van der Waals surface area contributed by atoms with E-state index in [1.165, 1.54) is 0 Å². The van der Waals surface area contributed by atoms with Gasteiger partial charge in [0.25, 0.3) is 5.56 Å². The fraction of sp³-hybridized carbons (Fsp3) is 0.0556. The Balaban J connectivity index is 1.89. The number of halogens is 1. The molecule has 0 saturated heterocycles. The molecular weight excluding hydrogens is 310 g/mol. The van der Waals surface area contributed by atoms with E-state index in [1.54, 1.807) is 4.57 Å². The Labute approximate surface area is 136 Å². The maximum Gasteiger partial charge on any atom is 0.262 e. The lowest BCUT2D eigenvalue weighted by atomic mass is 10.1. The van der Waals surface area contributed by atoms with E-state index in [0.717, 1.165) is 22.2 Å². The monoisotopic (exact) mass is 319 g/mol.